The molecule has 0 heterocycles. The number of nitrogens with zero attached hydrogens (tertiary/aromatic N) is 1. The number of ether oxygens (including phenoxy) is 1. The van der Waals surface area contributed by atoms with Crippen LogP contribution in [-0.2, 0) is 16.1 Å². The number of hydrogen-bond acceptors (Lipinski definition) is 6. The number of nitro benzene ring substituents is 1. The lowest BCUT2D eigenvalue weighted by Gasteiger charge is -2.17. The van der Waals surface area contributed by atoms with Gasteiger partial charge in [0.05, 0.1) is 12.0 Å². The van der Waals surface area contributed by atoms with Crippen LogP contribution in [0.25, 0.3) is 0 Å². The standard InChI is InChI=1S/C19H21N3O5S/c1-13(23)21-18(12-28-17-5-3-4-15(10-17)22(25)26)19(24)20-11-14-6-8-16(27-2)9-7-14/h3-10,18H,11-12H2,1-2H3,(H,20,24)(H,21,23). The van der Waals surface area contributed by atoms with E-state index in [1.54, 1.807) is 31.4 Å². The van der Waals surface area contributed by atoms with Crippen LogP contribution in [0.1, 0.15) is 12.5 Å². The van der Waals surface area contributed by atoms with Crippen molar-refractivity contribution in [2.24, 2.45) is 0 Å². The van der Waals surface area contributed by atoms with Crippen molar-refractivity contribution in [3.63, 3.8) is 0 Å². The Labute approximate surface area is 166 Å². The molecule has 0 fully saturated rings. The third-order valence-electron chi connectivity index (χ3n) is 3.76. The molecule has 1 atom stereocenters. The van der Waals surface area contributed by atoms with Crippen LogP contribution in [0.5, 0.6) is 5.75 Å². The molecule has 0 spiro atoms. The molecule has 0 aromatic heterocycles. The normalized spacial score (nSPS) is 11.4. The lowest BCUT2D eigenvalue weighted by Crippen LogP contribution is -2.47. The van der Waals surface area contributed by atoms with Crippen molar-refractivity contribution < 1.29 is 19.2 Å². The molecule has 0 aliphatic heterocycles. The number of non-ortho nitro benzene ring substituents is 1. The number of nitro groups is 1. The third-order valence-corrected chi connectivity index (χ3v) is 4.85. The highest BCUT2D eigenvalue weighted by Gasteiger charge is 2.20. The maximum atomic E-state index is 12.5. The molecule has 0 bridgehead atoms. The van der Waals surface area contributed by atoms with Gasteiger partial charge >= 0.3 is 0 Å². The predicted molar refractivity (Wildman–Crippen MR) is 106 cm³/mol. The van der Waals surface area contributed by atoms with Gasteiger partial charge in [0.25, 0.3) is 5.69 Å². The van der Waals surface area contributed by atoms with E-state index in [9.17, 15) is 19.7 Å². The molecular formula is C19H21N3O5S. The first-order valence-electron chi connectivity index (χ1n) is 8.44. The number of benzene rings is 2. The fourth-order valence-corrected chi connectivity index (χ4v) is 3.32. The van der Waals surface area contributed by atoms with E-state index in [4.69, 9.17) is 4.74 Å². The minimum atomic E-state index is -0.764. The van der Waals surface area contributed by atoms with E-state index in [-0.39, 0.29) is 23.3 Å². The number of amides is 2. The molecule has 2 aromatic rings. The number of carbonyl (C=O) groups is 2. The second-order valence-electron chi connectivity index (χ2n) is 5.88. The van der Waals surface area contributed by atoms with E-state index >= 15 is 0 Å². The summed E-state index contributed by atoms with van der Waals surface area (Å²) in [4.78, 5) is 35.0. The van der Waals surface area contributed by atoms with Crippen LogP contribution >= 0.6 is 11.8 Å². The summed E-state index contributed by atoms with van der Waals surface area (Å²) in [5.74, 6) is 0.308. The summed E-state index contributed by atoms with van der Waals surface area (Å²) in [6, 6.07) is 12.6. The molecule has 148 valence electrons. The summed E-state index contributed by atoms with van der Waals surface area (Å²) >= 11 is 1.26. The van der Waals surface area contributed by atoms with Crippen LogP contribution in [0.3, 0.4) is 0 Å². The highest BCUT2D eigenvalue weighted by atomic mass is 32.2. The Morgan fingerprint density at radius 3 is 2.54 bits per heavy atom. The van der Waals surface area contributed by atoms with Gasteiger partial charge < -0.3 is 15.4 Å². The van der Waals surface area contributed by atoms with E-state index in [0.717, 1.165) is 11.3 Å². The average Bonchev–Trinajstić information content (AvgIpc) is 2.69. The van der Waals surface area contributed by atoms with Gasteiger partial charge in [-0.2, -0.15) is 0 Å². The Morgan fingerprint density at radius 2 is 1.93 bits per heavy atom. The van der Waals surface area contributed by atoms with E-state index in [1.165, 1.54) is 30.8 Å². The molecule has 2 aromatic carbocycles. The maximum absolute atomic E-state index is 12.5. The minimum Gasteiger partial charge on any atom is -0.497 e. The van der Waals surface area contributed by atoms with Crippen LogP contribution in [0.15, 0.2) is 53.4 Å². The maximum Gasteiger partial charge on any atom is 0.270 e. The van der Waals surface area contributed by atoms with E-state index in [2.05, 4.69) is 10.6 Å². The minimum absolute atomic E-state index is 0.0231. The summed E-state index contributed by atoms with van der Waals surface area (Å²) in [5.41, 5.74) is 0.868. The van der Waals surface area contributed by atoms with Gasteiger partial charge in [0.15, 0.2) is 0 Å². The average molecular weight is 403 g/mol. The molecule has 0 aliphatic carbocycles. The lowest BCUT2D eigenvalue weighted by molar-refractivity contribution is -0.385. The van der Waals surface area contributed by atoms with Crippen LogP contribution < -0.4 is 15.4 Å². The SMILES string of the molecule is COc1ccc(CNC(=O)C(CSc2cccc([N+](=O)[O-])c2)NC(C)=O)cc1. The Morgan fingerprint density at radius 1 is 1.21 bits per heavy atom. The Balaban J connectivity index is 1.97. The number of hydrogen-bond donors (Lipinski definition) is 2. The fraction of sp³-hybridized carbons (Fsp3) is 0.263. The van der Waals surface area contributed by atoms with Gasteiger partial charge in [-0.1, -0.05) is 18.2 Å². The van der Waals surface area contributed by atoms with Gasteiger partial charge in [0, 0.05) is 36.2 Å². The molecule has 2 amide bonds. The summed E-state index contributed by atoms with van der Waals surface area (Å²) in [6.07, 6.45) is 0. The largest absolute Gasteiger partial charge is 0.497 e. The van der Waals surface area contributed by atoms with Crippen LogP contribution in [0, 0.1) is 10.1 Å². The van der Waals surface area contributed by atoms with Crippen molar-refractivity contribution >= 4 is 29.3 Å². The van der Waals surface area contributed by atoms with Gasteiger partial charge in [-0.05, 0) is 23.8 Å². The molecule has 0 aliphatic rings. The first-order valence-corrected chi connectivity index (χ1v) is 9.42. The van der Waals surface area contributed by atoms with Gasteiger partial charge in [-0.3, -0.25) is 19.7 Å². The molecule has 8 nitrogen and oxygen atoms in total. The highest BCUT2D eigenvalue weighted by Crippen LogP contribution is 2.23. The Hall–Kier alpha value is -3.07. The number of methoxy groups -OCH3 is 1. The zero-order chi connectivity index (χ0) is 20.5. The molecule has 9 heteroatoms. The van der Waals surface area contributed by atoms with Gasteiger partial charge in [0.2, 0.25) is 11.8 Å². The second kappa shape index (κ2) is 10.3. The van der Waals surface area contributed by atoms with E-state index < -0.39 is 11.0 Å². The topological polar surface area (TPSA) is 111 Å². The Kier molecular flexibility index (Phi) is 7.82. The van der Waals surface area contributed by atoms with Crippen molar-refractivity contribution in [1.82, 2.24) is 10.6 Å². The van der Waals surface area contributed by atoms with Crippen molar-refractivity contribution in [3.05, 3.63) is 64.2 Å². The molecular weight excluding hydrogens is 382 g/mol. The first kappa shape index (κ1) is 21.2. The molecule has 0 saturated heterocycles. The monoisotopic (exact) mass is 403 g/mol. The third kappa shape index (κ3) is 6.58. The molecule has 2 rings (SSSR count). The van der Waals surface area contributed by atoms with Gasteiger partial charge in [0.1, 0.15) is 11.8 Å². The fourth-order valence-electron chi connectivity index (χ4n) is 2.35. The van der Waals surface area contributed by atoms with Gasteiger partial charge in [-0.15, -0.1) is 11.8 Å². The summed E-state index contributed by atoms with van der Waals surface area (Å²) in [7, 11) is 1.58. The van der Waals surface area contributed by atoms with E-state index in [1.807, 2.05) is 12.1 Å². The van der Waals surface area contributed by atoms with E-state index in [0.29, 0.717) is 11.4 Å². The smallest absolute Gasteiger partial charge is 0.270 e. The van der Waals surface area contributed by atoms with Crippen molar-refractivity contribution in [3.8, 4) is 5.75 Å². The molecule has 1 unspecified atom stereocenters. The zero-order valence-corrected chi connectivity index (χ0v) is 16.3. The summed E-state index contributed by atoms with van der Waals surface area (Å²) in [6.45, 7) is 1.64. The number of rotatable bonds is 9. The summed E-state index contributed by atoms with van der Waals surface area (Å²) < 4.78 is 5.09. The van der Waals surface area contributed by atoms with Crippen LogP contribution in [0.2, 0.25) is 0 Å². The molecule has 0 radical (unpaired) electrons. The number of thioether (sulfide) groups is 1. The number of carbonyl (C=O) groups excluding carboxylic acids is 2. The second-order valence-corrected chi connectivity index (χ2v) is 6.98. The molecule has 28 heavy (non-hydrogen) atoms. The first-order chi connectivity index (χ1) is 13.4. The molecule has 0 saturated carbocycles. The summed E-state index contributed by atoms with van der Waals surface area (Å²) in [5, 5.41) is 16.3. The predicted octanol–water partition coefficient (Wildman–Crippen LogP) is 2.52. The quantitative estimate of drug-likeness (QED) is 0.378. The van der Waals surface area contributed by atoms with Crippen molar-refractivity contribution in [2.45, 2.75) is 24.4 Å². The molecule has 2 N–H and O–H groups in total. The number of nitrogens with one attached hydrogen (secondary N) is 2. The zero-order valence-electron chi connectivity index (χ0n) is 15.5. The highest BCUT2D eigenvalue weighted by molar-refractivity contribution is 7.99. The van der Waals surface area contributed by atoms with Crippen molar-refractivity contribution in [1.29, 1.82) is 0 Å². The van der Waals surface area contributed by atoms with Crippen LogP contribution in [0.4, 0.5) is 5.69 Å². The van der Waals surface area contributed by atoms with Gasteiger partial charge in [-0.25, -0.2) is 0 Å². The Bertz CT molecular complexity index is 842. The van der Waals surface area contributed by atoms with Crippen molar-refractivity contribution in [2.75, 3.05) is 12.9 Å². The van der Waals surface area contributed by atoms with Crippen LogP contribution in [-0.4, -0.2) is 35.6 Å². The lowest BCUT2D eigenvalue weighted by atomic mass is 10.2.